The second kappa shape index (κ2) is 9.71. The maximum Gasteiger partial charge on any atom is 0.339 e. The van der Waals surface area contributed by atoms with E-state index >= 15 is 0 Å². The Morgan fingerprint density at radius 2 is 1.52 bits per heavy atom. The molecule has 0 aliphatic rings. The van der Waals surface area contributed by atoms with Crippen molar-refractivity contribution in [1.29, 1.82) is 0 Å². The fraction of sp³-hybridized carbons (Fsp3) is 0. The molecule has 2 N–H and O–H groups in total. The van der Waals surface area contributed by atoms with Crippen LogP contribution in [0.1, 0.15) is 0 Å². The molecule has 0 amide bonds. The Bertz CT molecular complexity index is 1220. The molecule has 0 atom stereocenters. The fourth-order valence-electron chi connectivity index (χ4n) is 1.68. The zero-order chi connectivity index (χ0) is 20.2. The lowest BCUT2D eigenvalue weighted by Gasteiger charge is -1.91. The minimum Gasteiger partial charge on any atom is -0.298 e. The molecule has 27 heavy (non-hydrogen) atoms. The number of nitrogens with one attached hydrogen (secondary N) is 2. The molecule has 0 fully saturated rings. The van der Waals surface area contributed by atoms with Crippen LogP contribution in [0.3, 0.4) is 0 Å². The molecule has 4 aromatic heterocycles. The van der Waals surface area contributed by atoms with Gasteiger partial charge >= 0.3 is 10.9 Å². The molecule has 15 heteroatoms. The van der Waals surface area contributed by atoms with Crippen LogP contribution in [-0.4, -0.2) is 19.9 Å². The van der Waals surface area contributed by atoms with Crippen LogP contribution in [0, 0.1) is 0 Å². The third-order valence-electron chi connectivity index (χ3n) is 2.62. The lowest BCUT2D eigenvalue weighted by atomic mass is 10.4. The Morgan fingerprint density at radius 1 is 0.926 bits per heavy atom. The fourth-order valence-corrected chi connectivity index (χ4v) is 3.78. The number of hydrogen-bond acceptors (Lipinski definition) is 7. The number of halogens is 5. The van der Waals surface area contributed by atoms with Crippen molar-refractivity contribution in [2.45, 2.75) is 0 Å². The zero-order valence-electron chi connectivity index (χ0n) is 12.6. The number of H-pyrrole nitrogens is 2. The summed E-state index contributed by atoms with van der Waals surface area (Å²) in [6, 6.07) is 3.55. The highest BCUT2D eigenvalue weighted by atomic mass is 36.0. The molecule has 0 aromatic carbocycles. The monoisotopic (exact) mass is 524 g/mol. The van der Waals surface area contributed by atoms with E-state index in [9.17, 15) is 14.2 Å². The maximum absolute atomic E-state index is 11.0. The van der Waals surface area contributed by atoms with Crippen molar-refractivity contribution in [3.63, 3.8) is 0 Å². The first kappa shape index (κ1) is 22.6. The average molecular weight is 527 g/mol. The molecule has 0 aliphatic carbocycles. The summed E-state index contributed by atoms with van der Waals surface area (Å²) in [5.74, 6) is 0. The van der Waals surface area contributed by atoms with Crippen LogP contribution in [0.15, 0.2) is 32.5 Å². The summed E-state index contributed by atoms with van der Waals surface area (Å²) in [7, 11) is 0. The van der Waals surface area contributed by atoms with Crippen molar-refractivity contribution >= 4 is 105 Å². The molecular formula is C12H6Cl5N4O3PS2. The SMILES string of the molecule is Clc1nc(Cl)c2ccsc2n1.O=P(Cl)(Cl)Cl.O=c1[nH]c(=O)c2ccsc2[nH]1. The normalized spacial score (nSPS) is 10.9. The summed E-state index contributed by atoms with van der Waals surface area (Å²) in [4.78, 5) is 35.6. The van der Waals surface area contributed by atoms with E-state index < -0.39 is 10.9 Å². The molecule has 7 nitrogen and oxygen atoms in total. The van der Waals surface area contributed by atoms with Gasteiger partial charge < -0.3 is 0 Å². The van der Waals surface area contributed by atoms with Gasteiger partial charge in [-0.1, -0.05) is 11.6 Å². The van der Waals surface area contributed by atoms with E-state index in [0.717, 1.165) is 10.2 Å². The van der Waals surface area contributed by atoms with Crippen LogP contribution in [0.2, 0.25) is 10.4 Å². The van der Waals surface area contributed by atoms with E-state index in [1.165, 1.54) is 22.7 Å². The van der Waals surface area contributed by atoms with Crippen LogP contribution in [-0.2, 0) is 4.57 Å². The zero-order valence-corrected chi connectivity index (χ0v) is 18.9. The van der Waals surface area contributed by atoms with Gasteiger partial charge in [0.1, 0.15) is 14.8 Å². The predicted octanol–water partition coefficient (Wildman–Crippen LogP) is 6.09. The van der Waals surface area contributed by atoms with E-state index in [2.05, 4.69) is 53.7 Å². The van der Waals surface area contributed by atoms with E-state index in [-0.39, 0.29) is 10.8 Å². The lowest BCUT2D eigenvalue weighted by molar-refractivity contribution is 0.600. The Kier molecular flexibility index (Phi) is 8.15. The number of nitrogens with zero attached hydrogens (tertiary/aromatic N) is 2. The van der Waals surface area contributed by atoms with Gasteiger partial charge in [0.05, 0.1) is 5.39 Å². The summed E-state index contributed by atoms with van der Waals surface area (Å²) < 4.78 is 9.51. The molecule has 0 saturated heterocycles. The van der Waals surface area contributed by atoms with Crippen LogP contribution in [0.4, 0.5) is 0 Å². The number of aromatic nitrogens is 4. The first-order valence-corrected chi connectivity index (χ1v) is 13.4. The van der Waals surface area contributed by atoms with E-state index in [1.807, 2.05) is 11.4 Å². The molecule has 0 saturated carbocycles. The molecule has 0 bridgehead atoms. The van der Waals surface area contributed by atoms with Crippen LogP contribution < -0.4 is 11.2 Å². The van der Waals surface area contributed by atoms with Gasteiger partial charge in [-0.05, 0) is 68.2 Å². The first-order chi connectivity index (χ1) is 12.5. The molecule has 0 aliphatic heterocycles. The van der Waals surface area contributed by atoms with Gasteiger partial charge in [-0.15, -0.1) is 22.7 Å². The molecule has 0 spiro atoms. The first-order valence-electron chi connectivity index (χ1n) is 6.49. The number of hydrogen-bond donors (Lipinski definition) is 2. The maximum atomic E-state index is 11.0. The highest BCUT2D eigenvalue weighted by Crippen LogP contribution is 2.61. The number of thiophene rings is 2. The largest absolute Gasteiger partial charge is 0.339 e. The molecule has 4 rings (SSSR count). The summed E-state index contributed by atoms with van der Waals surface area (Å²) in [6.45, 7) is 0. The van der Waals surface area contributed by atoms with Gasteiger partial charge in [0.25, 0.3) is 5.56 Å². The third-order valence-corrected chi connectivity index (χ3v) is 4.71. The summed E-state index contributed by atoms with van der Waals surface area (Å²) in [6.07, 6.45) is 0. The molecule has 4 heterocycles. The number of aromatic amines is 2. The van der Waals surface area contributed by atoms with Crippen LogP contribution in [0.5, 0.6) is 0 Å². The molecule has 144 valence electrons. The average Bonchev–Trinajstić information content (AvgIpc) is 3.14. The minimum absolute atomic E-state index is 0.199. The number of rotatable bonds is 0. The molecular weight excluding hydrogens is 521 g/mol. The summed E-state index contributed by atoms with van der Waals surface area (Å²) in [5, 5.41) is 2.46. The number of fused-ring (bicyclic) bond motifs is 2. The third kappa shape index (κ3) is 7.36. The predicted molar refractivity (Wildman–Crippen MR) is 116 cm³/mol. The molecule has 0 radical (unpaired) electrons. The van der Waals surface area contributed by atoms with Crippen molar-refractivity contribution < 1.29 is 4.57 Å². The molecule has 4 aromatic rings. The lowest BCUT2D eigenvalue weighted by Crippen LogP contribution is -2.20. The Morgan fingerprint density at radius 3 is 2.19 bits per heavy atom. The van der Waals surface area contributed by atoms with Crippen LogP contribution >= 0.6 is 84.8 Å². The Labute approximate surface area is 183 Å². The van der Waals surface area contributed by atoms with E-state index in [1.54, 1.807) is 11.4 Å². The van der Waals surface area contributed by atoms with Crippen LogP contribution in [0.25, 0.3) is 20.4 Å². The van der Waals surface area contributed by atoms with Gasteiger partial charge in [-0.2, -0.15) is 0 Å². The van der Waals surface area contributed by atoms with Gasteiger partial charge in [0.15, 0.2) is 0 Å². The van der Waals surface area contributed by atoms with Crippen molar-refractivity contribution in [3.05, 3.63) is 54.2 Å². The van der Waals surface area contributed by atoms with Gasteiger partial charge in [0, 0.05) is 5.39 Å². The molecule has 0 unspecified atom stereocenters. The smallest absolute Gasteiger partial charge is 0.298 e. The Balaban J connectivity index is 0.000000157. The van der Waals surface area contributed by atoms with E-state index in [4.69, 9.17) is 23.2 Å². The topological polar surface area (TPSA) is 109 Å². The highest BCUT2D eigenvalue weighted by Gasteiger charge is 2.04. The minimum atomic E-state index is -3.22. The standard InChI is InChI=1S/C6H2Cl2N2S.C6H4N2O2S.Cl3OP/c7-4-3-1-2-11-5(3)10-6(8)9-4;9-4-3-1-2-11-5(3)8-6(10)7-4;1-5(2,3)4/h1-2H;1-2H,(H2,7,8,9,10);. The van der Waals surface area contributed by atoms with Crippen molar-refractivity contribution in [3.8, 4) is 0 Å². The van der Waals surface area contributed by atoms with Gasteiger partial charge in [-0.3, -0.25) is 19.3 Å². The summed E-state index contributed by atoms with van der Waals surface area (Å²) in [5.41, 5.74) is -0.782. The van der Waals surface area contributed by atoms with Gasteiger partial charge in [-0.25, -0.2) is 14.8 Å². The van der Waals surface area contributed by atoms with Crippen molar-refractivity contribution in [2.75, 3.05) is 0 Å². The second-order valence-corrected chi connectivity index (χ2v) is 13.5. The van der Waals surface area contributed by atoms with E-state index in [0.29, 0.717) is 15.4 Å². The quantitative estimate of drug-likeness (QED) is 0.164. The Hall–Kier alpha value is -0.640. The summed E-state index contributed by atoms with van der Waals surface area (Å²) >= 11 is 28.0. The highest BCUT2D eigenvalue weighted by molar-refractivity contribution is 8.24. The van der Waals surface area contributed by atoms with Crippen molar-refractivity contribution in [2.24, 2.45) is 0 Å². The van der Waals surface area contributed by atoms with Gasteiger partial charge in [0.2, 0.25) is 5.28 Å². The van der Waals surface area contributed by atoms with Crippen molar-refractivity contribution in [1.82, 2.24) is 19.9 Å². The second-order valence-electron chi connectivity index (χ2n) is 4.39.